The first-order valence-corrected chi connectivity index (χ1v) is 9.55. The second kappa shape index (κ2) is 9.22. The zero-order chi connectivity index (χ0) is 20.8. The highest BCUT2D eigenvalue weighted by molar-refractivity contribution is 5.94. The fraction of sp³-hybridized carbons (Fsp3) is 0.400. The Balaban J connectivity index is 1.56. The molecule has 1 aromatic carbocycles. The summed E-state index contributed by atoms with van der Waals surface area (Å²) in [6.07, 6.45) is 2.70. The standard InChI is InChI=1S/C20H26N6O3/c1-4-29-20(28)26-11-9-25(10-12-26)18(27)15-13-21-19(22-14-15)23-16-5-7-17(8-6-16)24(2)3/h5-8,13-14H,4,9-12H2,1-3H3,(H,21,22,23). The number of aromatic nitrogens is 2. The van der Waals surface area contributed by atoms with E-state index in [0.29, 0.717) is 44.3 Å². The van der Waals surface area contributed by atoms with Crippen LogP contribution in [-0.4, -0.2) is 78.6 Å². The molecule has 0 bridgehead atoms. The molecule has 2 aromatic rings. The van der Waals surface area contributed by atoms with Gasteiger partial charge in [0, 0.05) is 64.0 Å². The Hall–Kier alpha value is -3.36. The van der Waals surface area contributed by atoms with E-state index in [4.69, 9.17) is 4.74 Å². The van der Waals surface area contributed by atoms with Crippen molar-refractivity contribution in [2.75, 3.05) is 57.1 Å². The van der Waals surface area contributed by atoms with Crippen LogP contribution in [0, 0.1) is 0 Å². The number of hydrogen-bond donors (Lipinski definition) is 1. The second-order valence-corrected chi connectivity index (χ2v) is 6.84. The summed E-state index contributed by atoms with van der Waals surface area (Å²) in [6.45, 7) is 3.93. The Labute approximate surface area is 170 Å². The normalized spacial score (nSPS) is 13.8. The molecule has 0 atom stereocenters. The van der Waals surface area contributed by atoms with Gasteiger partial charge in [0.1, 0.15) is 0 Å². The molecule has 0 radical (unpaired) electrons. The summed E-state index contributed by atoms with van der Waals surface area (Å²) in [5.74, 6) is 0.279. The van der Waals surface area contributed by atoms with Crippen molar-refractivity contribution >= 4 is 29.3 Å². The van der Waals surface area contributed by atoms with Crippen molar-refractivity contribution in [3.8, 4) is 0 Å². The van der Waals surface area contributed by atoms with Gasteiger partial charge in [-0.05, 0) is 31.2 Å². The minimum atomic E-state index is -0.336. The van der Waals surface area contributed by atoms with E-state index in [1.54, 1.807) is 16.7 Å². The van der Waals surface area contributed by atoms with Crippen LogP contribution in [0.3, 0.4) is 0 Å². The molecule has 1 fully saturated rings. The Bertz CT molecular complexity index is 830. The van der Waals surface area contributed by atoms with Gasteiger partial charge < -0.3 is 24.8 Å². The van der Waals surface area contributed by atoms with Gasteiger partial charge >= 0.3 is 6.09 Å². The van der Waals surface area contributed by atoms with Gasteiger partial charge in [-0.1, -0.05) is 0 Å². The van der Waals surface area contributed by atoms with Crippen LogP contribution in [0.25, 0.3) is 0 Å². The highest BCUT2D eigenvalue weighted by Crippen LogP contribution is 2.18. The molecule has 1 saturated heterocycles. The topological polar surface area (TPSA) is 90.9 Å². The molecule has 3 rings (SSSR count). The minimum Gasteiger partial charge on any atom is -0.450 e. The number of amides is 2. The third kappa shape index (κ3) is 5.13. The zero-order valence-corrected chi connectivity index (χ0v) is 17.0. The van der Waals surface area contributed by atoms with E-state index in [0.717, 1.165) is 11.4 Å². The van der Waals surface area contributed by atoms with E-state index < -0.39 is 0 Å². The lowest BCUT2D eigenvalue weighted by Gasteiger charge is -2.33. The summed E-state index contributed by atoms with van der Waals surface area (Å²) in [5.41, 5.74) is 2.38. The van der Waals surface area contributed by atoms with Crippen LogP contribution in [0.1, 0.15) is 17.3 Å². The first-order chi connectivity index (χ1) is 14.0. The average Bonchev–Trinajstić information content (AvgIpc) is 2.74. The number of carbonyl (C=O) groups is 2. The molecule has 2 heterocycles. The van der Waals surface area contributed by atoms with Crippen molar-refractivity contribution in [2.45, 2.75) is 6.92 Å². The molecule has 0 saturated carbocycles. The average molecular weight is 398 g/mol. The van der Waals surface area contributed by atoms with Crippen molar-refractivity contribution < 1.29 is 14.3 Å². The summed E-state index contributed by atoms with van der Waals surface area (Å²) in [4.78, 5) is 38.2. The van der Waals surface area contributed by atoms with Crippen molar-refractivity contribution in [1.82, 2.24) is 19.8 Å². The summed E-state index contributed by atoms with van der Waals surface area (Å²) >= 11 is 0. The largest absolute Gasteiger partial charge is 0.450 e. The lowest BCUT2D eigenvalue weighted by molar-refractivity contribution is 0.0570. The van der Waals surface area contributed by atoms with Gasteiger partial charge in [-0.2, -0.15) is 0 Å². The minimum absolute atomic E-state index is 0.143. The predicted octanol–water partition coefficient (Wildman–Crippen LogP) is 2.20. The summed E-state index contributed by atoms with van der Waals surface area (Å²) < 4.78 is 5.00. The molecule has 0 spiro atoms. The number of rotatable bonds is 5. The fourth-order valence-corrected chi connectivity index (χ4v) is 2.96. The highest BCUT2D eigenvalue weighted by Gasteiger charge is 2.25. The first-order valence-electron chi connectivity index (χ1n) is 9.55. The first kappa shape index (κ1) is 20.4. The molecule has 0 unspecified atom stereocenters. The van der Waals surface area contributed by atoms with Gasteiger partial charge in [-0.25, -0.2) is 14.8 Å². The smallest absolute Gasteiger partial charge is 0.409 e. The second-order valence-electron chi connectivity index (χ2n) is 6.84. The maximum absolute atomic E-state index is 12.7. The number of nitrogens with zero attached hydrogens (tertiary/aromatic N) is 5. The summed E-state index contributed by atoms with van der Waals surface area (Å²) in [7, 11) is 3.97. The Morgan fingerprint density at radius 1 is 1.03 bits per heavy atom. The van der Waals surface area contributed by atoms with Crippen LogP contribution in [0.2, 0.25) is 0 Å². The lowest BCUT2D eigenvalue weighted by Crippen LogP contribution is -2.50. The summed E-state index contributed by atoms with van der Waals surface area (Å²) in [6, 6.07) is 7.88. The fourth-order valence-electron chi connectivity index (χ4n) is 2.96. The number of anilines is 3. The molecule has 154 valence electrons. The molecule has 29 heavy (non-hydrogen) atoms. The third-order valence-electron chi connectivity index (χ3n) is 4.63. The van der Waals surface area contributed by atoms with E-state index >= 15 is 0 Å². The molecule has 9 heteroatoms. The van der Waals surface area contributed by atoms with Crippen LogP contribution in [0.15, 0.2) is 36.7 Å². The van der Waals surface area contributed by atoms with Crippen LogP contribution < -0.4 is 10.2 Å². The number of nitrogens with one attached hydrogen (secondary N) is 1. The Kier molecular flexibility index (Phi) is 6.48. The maximum Gasteiger partial charge on any atom is 0.409 e. The summed E-state index contributed by atoms with van der Waals surface area (Å²) in [5, 5.41) is 3.12. The van der Waals surface area contributed by atoms with Crippen molar-refractivity contribution in [2.24, 2.45) is 0 Å². The van der Waals surface area contributed by atoms with Crippen LogP contribution >= 0.6 is 0 Å². The third-order valence-corrected chi connectivity index (χ3v) is 4.63. The molecule has 9 nitrogen and oxygen atoms in total. The van der Waals surface area contributed by atoms with Crippen LogP contribution in [0.4, 0.5) is 22.1 Å². The molecule has 2 amide bonds. The van der Waals surface area contributed by atoms with Crippen LogP contribution in [0.5, 0.6) is 0 Å². The van der Waals surface area contributed by atoms with E-state index in [-0.39, 0.29) is 12.0 Å². The van der Waals surface area contributed by atoms with Gasteiger partial charge in [0.25, 0.3) is 5.91 Å². The van der Waals surface area contributed by atoms with E-state index in [1.165, 1.54) is 12.4 Å². The van der Waals surface area contributed by atoms with Gasteiger partial charge in [0.05, 0.1) is 12.2 Å². The number of carbonyl (C=O) groups excluding carboxylic acids is 2. The van der Waals surface area contributed by atoms with Gasteiger partial charge in [-0.3, -0.25) is 4.79 Å². The van der Waals surface area contributed by atoms with E-state index in [9.17, 15) is 9.59 Å². The SMILES string of the molecule is CCOC(=O)N1CCN(C(=O)c2cnc(Nc3ccc(N(C)C)cc3)nc2)CC1. The monoisotopic (exact) mass is 398 g/mol. The van der Waals surface area contributed by atoms with Gasteiger partial charge in [-0.15, -0.1) is 0 Å². The van der Waals surface area contributed by atoms with Crippen molar-refractivity contribution in [3.05, 3.63) is 42.2 Å². The van der Waals surface area contributed by atoms with E-state index in [1.807, 2.05) is 43.3 Å². The lowest BCUT2D eigenvalue weighted by atomic mass is 10.2. The molecule has 1 N–H and O–H groups in total. The van der Waals surface area contributed by atoms with Crippen LogP contribution in [-0.2, 0) is 4.74 Å². The van der Waals surface area contributed by atoms with Crippen molar-refractivity contribution in [3.63, 3.8) is 0 Å². The molecule has 1 aliphatic rings. The Morgan fingerprint density at radius 2 is 1.62 bits per heavy atom. The number of benzene rings is 1. The van der Waals surface area contributed by atoms with Gasteiger partial charge in [0.2, 0.25) is 5.95 Å². The van der Waals surface area contributed by atoms with E-state index in [2.05, 4.69) is 15.3 Å². The maximum atomic E-state index is 12.7. The number of ether oxygens (including phenoxy) is 1. The van der Waals surface area contributed by atoms with Gasteiger partial charge in [0.15, 0.2) is 0 Å². The number of piperazine rings is 1. The predicted molar refractivity (Wildman–Crippen MR) is 111 cm³/mol. The molecule has 0 aliphatic carbocycles. The highest BCUT2D eigenvalue weighted by atomic mass is 16.6. The zero-order valence-electron chi connectivity index (χ0n) is 17.0. The molecule has 1 aromatic heterocycles. The molecular weight excluding hydrogens is 372 g/mol. The van der Waals surface area contributed by atoms with Crippen molar-refractivity contribution in [1.29, 1.82) is 0 Å². The number of hydrogen-bond acceptors (Lipinski definition) is 7. The Morgan fingerprint density at radius 3 is 2.17 bits per heavy atom. The quantitative estimate of drug-likeness (QED) is 0.826. The molecule has 1 aliphatic heterocycles. The molecular formula is C20H26N6O3.